The normalized spacial score (nSPS) is 18.8. The Kier molecular flexibility index (Phi) is 4.81. The van der Waals surface area contributed by atoms with Crippen molar-refractivity contribution in [3.63, 3.8) is 0 Å². The van der Waals surface area contributed by atoms with Gasteiger partial charge in [-0.15, -0.1) is 0 Å². The fraction of sp³-hybridized carbons (Fsp3) is 0.562. The van der Waals surface area contributed by atoms with Crippen molar-refractivity contribution in [1.82, 2.24) is 4.90 Å². The Morgan fingerprint density at radius 1 is 1.32 bits per heavy atom. The SMILES string of the molecule is CCOc1ccc(C(C#N)N2CCC(C)CC2)cc1. The summed E-state index contributed by atoms with van der Waals surface area (Å²) >= 11 is 0. The standard InChI is InChI=1S/C16H22N2O/c1-3-19-15-6-4-14(5-7-15)16(12-17)18-10-8-13(2)9-11-18/h4-7,13,16H,3,8-11H2,1-2H3. The van der Waals surface area contributed by atoms with Gasteiger partial charge in [-0.05, 0) is 56.5 Å². The van der Waals surface area contributed by atoms with Crippen LogP contribution in [0.15, 0.2) is 24.3 Å². The number of likely N-dealkylation sites (tertiary alicyclic amines) is 1. The second kappa shape index (κ2) is 6.58. The first-order chi connectivity index (χ1) is 9.24. The summed E-state index contributed by atoms with van der Waals surface area (Å²) < 4.78 is 5.44. The number of ether oxygens (including phenoxy) is 1. The summed E-state index contributed by atoms with van der Waals surface area (Å²) in [6, 6.07) is 10.2. The molecule has 102 valence electrons. The lowest BCUT2D eigenvalue weighted by molar-refractivity contribution is 0.165. The van der Waals surface area contributed by atoms with Gasteiger partial charge in [-0.3, -0.25) is 4.90 Å². The largest absolute Gasteiger partial charge is 0.494 e. The van der Waals surface area contributed by atoms with E-state index in [0.29, 0.717) is 6.61 Å². The molecule has 0 aromatic heterocycles. The van der Waals surface area contributed by atoms with E-state index in [0.717, 1.165) is 30.3 Å². The van der Waals surface area contributed by atoms with E-state index in [1.807, 2.05) is 31.2 Å². The van der Waals surface area contributed by atoms with E-state index >= 15 is 0 Å². The predicted octanol–water partition coefficient (Wildman–Crippen LogP) is 3.38. The van der Waals surface area contributed by atoms with Crippen molar-refractivity contribution >= 4 is 0 Å². The van der Waals surface area contributed by atoms with Crippen LogP contribution in [-0.4, -0.2) is 24.6 Å². The summed E-state index contributed by atoms with van der Waals surface area (Å²) in [5.41, 5.74) is 1.07. The summed E-state index contributed by atoms with van der Waals surface area (Å²) in [7, 11) is 0. The van der Waals surface area contributed by atoms with Crippen LogP contribution in [0.25, 0.3) is 0 Å². The molecule has 3 nitrogen and oxygen atoms in total. The molecule has 1 aliphatic heterocycles. The highest BCUT2D eigenvalue weighted by molar-refractivity contribution is 5.31. The summed E-state index contributed by atoms with van der Waals surface area (Å²) in [4.78, 5) is 2.29. The van der Waals surface area contributed by atoms with Crippen LogP contribution in [0, 0.1) is 17.2 Å². The molecule has 19 heavy (non-hydrogen) atoms. The quantitative estimate of drug-likeness (QED) is 0.830. The van der Waals surface area contributed by atoms with Crippen molar-refractivity contribution in [2.24, 2.45) is 5.92 Å². The van der Waals surface area contributed by atoms with Crippen molar-refractivity contribution in [1.29, 1.82) is 5.26 Å². The third-order valence-electron chi connectivity index (χ3n) is 3.81. The van der Waals surface area contributed by atoms with E-state index < -0.39 is 0 Å². The zero-order valence-corrected chi connectivity index (χ0v) is 11.8. The van der Waals surface area contributed by atoms with Crippen molar-refractivity contribution in [3.05, 3.63) is 29.8 Å². The molecular weight excluding hydrogens is 236 g/mol. The van der Waals surface area contributed by atoms with Crippen molar-refractivity contribution < 1.29 is 4.74 Å². The Balaban J connectivity index is 2.07. The van der Waals surface area contributed by atoms with E-state index in [1.165, 1.54) is 12.8 Å². The molecule has 1 aromatic carbocycles. The molecule has 0 aliphatic carbocycles. The molecule has 3 heteroatoms. The van der Waals surface area contributed by atoms with Crippen LogP contribution >= 0.6 is 0 Å². The number of hydrogen-bond acceptors (Lipinski definition) is 3. The van der Waals surface area contributed by atoms with Gasteiger partial charge < -0.3 is 4.74 Å². The summed E-state index contributed by atoms with van der Waals surface area (Å²) in [5.74, 6) is 1.66. The molecule has 0 radical (unpaired) electrons. The van der Waals surface area contributed by atoms with Gasteiger partial charge in [0.25, 0.3) is 0 Å². The van der Waals surface area contributed by atoms with Gasteiger partial charge in [-0.25, -0.2) is 0 Å². The van der Waals surface area contributed by atoms with Crippen LogP contribution in [-0.2, 0) is 0 Å². The zero-order chi connectivity index (χ0) is 13.7. The molecule has 0 spiro atoms. The van der Waals surface area contributed by atoms with E-state index in [-0.39, 0.29) is 6.04 Å². The molecule has 1 aromatic rings. The van der Waals surface area contributed by atoms with Crippen LogP contribution in [0.1, 0.15) is 38.3 Å². The minimum atomic E-state index is -0.122. The van der Waals surface area contributed by atoms with Crippen LogP contribution in [0.4, 0.5) is 0 Å². The molecule has 1 heterocycles. The number of rotatable bonds is 4. The first kappa shape index (κ1) is 13.9. The lowest BCUT2D eigenvalue weighted by atomic mass is 9.96. The smallest absolute Gasteiger partial charge is 0.123 e. The van der Waals surface area contributed by atoms with Gasteiger partial charge in [-0.2, -0.15) is 5.26 Å². The number of nitriles is 1. The van der Waals surface area contributed by atoms with Crippen molar-refractivity contribution in [3.8, 4) is 11.8 Å². The molecule has 0 N–H and O–H groups in total. The van der Waals surface area contributed by atoms with Gasteiger partial charge in [0, 0.05) is 0 Å². The van der Waals surface area contributed by atoms with Crippen LogP contribution in [0.3, 0.4) is 0 Å². The average Bonchev–Trinajstić information content (AvgIpc) is 2.44. The Hall–Kier alpha value is -1.53. The lowest BCUT2D eigenvalue weighted by Gasteiger charge is -2.33. The zero-order valence-electron chi connectivity index (χ0n) is 11.8. The molecule has 1 atom stereocenters. The number of benzene rings is 1. The van der Waals surface area contributed by atoms with E-state index in [9.17, 15) is 5.26 Å². The van der Waals surface area contributed by atoms with Crippen LogP contribution in [0.5, 0.6) is 5.75 Å². The Morgan fingerprint density at radius 3 is 2.47 bits per heavy atom. The van der Waals surface area contributed by atoms with Crippen LogP contribution in [0.2, 0.25) is 0 Å². The van der Waals surface area contributed by atoms with Crippen molar-refractivity contribution in [2.45, 2.75) is 32.7 Å². The van der Waals surface area contributed by atoms with Gasteiger partial charge in [0.15, 0.2) is 0 Å². The molecule has 1 saturated heterocycles. The second-order valence-corrected chi connectivity index (χ2v) is 5.25. The minimum Gasteiger partial charge on any atom is -0.494 e. The highest BCUT2D eigenvalue weighted by Gasteiger charge is 2.24. The highest BCUT2D eigenvalue weighted by atomic mass is 16.5. The number of piperidine rings is 1. The molecule has 1 aliphatic rings. The van der Waals surface area contributed by atoms with E-state index in [4.69, 9.17) is 4.74 Å². The fourth-order valence-corrected chi connectivity index (χ4v) is 2.57. The molecule has 1 unspecified atom stereocenters. The summed E-state index contributed by atoms with van der Waals surface area (Å²) in [6.45, 7) is 6.97. The topological polar surface area (TPSA) is 36.3 Å². The third-order valence-corrected chi connectivity index (χ3v) is 3.81. The summed E-state index contributed by atoms with van der Waals surface area (Å²) in [6.07, 6.45) is 2.38. The first-order valence-electron chi connectivity index (χ1n) is 7.11. The number of hydrogen-bond donors (Lipinski definition) is 0. The summed E-state index contributed by atoms with van der Waals surface area (Å²) in [5, 5.41) is 9.45. The fourth-order valence-electron chi connectivity index (χ4n) is 2.57. The predicted molar refractivity (Wildman–Crippen MR) is 75.9 cm³/mol. The number of nitrogens with zero attached hydrogens (tertiary/aromatic N) is 2. The van der Waals surface area contributed by atoms with Gasteiger partial charge in [0.05, 0.1) is 12.7 Å². The Bertz CT molecular complexity index is 427. The molecule has 1 fully saturated rings. The molecule has 0 amide bonds. The Labute approximate surface area is 115 Å². The van der Waals surface area contributed by atoms with Gasteiger partial charge in [0.2, 0.25) is 0 Å². The maximum absolute atomic E-state index is 9.45. The Morgan fingerprint density at radius 2 is 1.95 bits per heavy atom. The average molecular weight is 258 g/mol. The van der Waals surface area contributed by atoms with Gasteiger partial charge in [0.1, 0.15) is 11.8 Å². The van der Waals surface area contributed by atoms with Gasteiger partial charge in [-0.1, -0.05) is 19.1 Å². The molecule has 0 saturated carbocycles. The molecular formula is C16H22N2O. The molecule has 2 rings (SSSR count). The van der Waals surface area contributed by atoms with E-state index in [1.54, 1.807) is 0 Å². The monoisotopic (exact) mass is 258 g/mol. The minimum absolute atomic E-state index is 0.122. The highest BCUT2D eigenvalue weighted by Crippen LogP contribution is 2.27. The maximum atomic E-state index is 9.45. The second-order valence-electron chi connectivity index (χ2n) is 5.25. The third kappa shape index (κ3) is 3.48. The first-order valence-corrected chi connectivity index (χ1v) is 7.11. The maximum Gasteiger partial charge on any atom is 0.123 e. The van der Waals surface area contributed by atoms with Crippen LogP contribution < -0.4 is 4.74 Å². The van der Waals surface area contributed by atoms with Crippen molar-refractivity contribution in [2.75, 3.05) is 19.7 Å². The van der Waals surface area contributed by atoms with Gasteiger partial charge >= 0.3 is 0 Å². The molecule has 0 bridgehead atoms. The lowest BCUT2D eigenvalue weighted by Crippen LogP contribution is -2.35. The van der Waals surface area contributed by atoms with E-state index in [2.05, 4.69) is 17.9 Å².